The average Bonchev–Trinajstić information content (AvgIpc) is 3.27. The molecule has 10 heteroatoms. The Labute approximate surface area is 169 Å². The predicted molar refractivity (Wildman–Crippen MR) is 108 cm³/mol. The van der Waals surface area contributed by atoms with E-state index in [-0.39, 0.29) is 23.4 Å². The van der Waals surface area contributed by atoms with Crippen LogP contribution in [0.15, 0.2) is 24.7 Å². The van der Waals surface area contributed by atoms with Gasteiger partial charge < -0.3 is 20.4 Å². The molecular weight excluding hydrogens is 370 g/mol. The molecule has 0 aliphatic carbocycles. The molecule has 2 amide bonds. The second kappa shape index (κ2) is 6.92. The van der Waals surface area contributed by atoms with E-state index in [2.05, 4.69) is 44.4 Å². The normalized spacial score (nSPS) is 25.6. The fourth-order valence-electron chi connectivity index (χ4n) is 4.39. The number of rotatable bonds is 4. The molecule has 2 fully saturated rings. The molecule has 2 aliphatic heterocycles. The first-order chi connectivity index (χ1) is 13.8. The quantitative estimate of drug-likeness (QED) is 0.751. The van der Waals surface area contributed by atoms with Gasteiger partial charge in [0.05, 0.1) is 18.0 Å². The van der Waals surface area contributed by atoms with E-state index in [9.17, 15) is 4.79 Å². The number of hydrogen-bond donors (Lipinski definition) is 2. The third kappa shape index (κ3) is 3.44. The molecule has 152 valence electrons. The van der Waals surface area contributed by atoms with Crippen molar-refractivity contribution in [1.82, 2.24) is 30.0 Å². The van der Waals surface area contributed by atoms with Crippen LogP contribution in [0, 0.1) is 22.2 Å². The van der Waals surface area contributed by atoms with E-state index in [4.69, 9.17) is 5.26 Å². The number of likely N-dealkylation sites (tertiary alicyclic amines) is 1. The molecule has 0 spiro atoms. The van der Waals surface area contributed by atoms with Gasteiger partial charge in [-0.3, -0.25) is 4.68 Å². The Kier molecular flexibility index (Phi) is 4.53. The Morgan fingerprint density at radius 2 is 2.00 bits per heavy atom. The molecule has 29 heavy (non-hydrogen) atoms. The first-order valence-corrected chi connectivity index (χ1v) is 9.55. The summed E-state index contributed by atoms with van der Waals surface area (Å²) in [5.74, 6) is 1.39. The van der Waals surface area contributed by atoms with E-state index in [1.807, 2.05) is 30.3 Å². The van der Waals surface area contributed by atoms with Crippen molar-refractivity contribution < 1.29 is 4.79 Å². The van der Waals surface area contributed by atoms with Gasteiger partial charge in [0.1, 0.15) is 12.4 Å². The van der Waals surface area contributed by atoms with Crippen LogP contribution in [0.2, 0.25) is 0 Å². The maximum Gasteiger partial charge on any atom is 0.318 e. The maximum atomic E-state index is 12.3. The summed E-state index contributed by atoms with van der Waals surface area (Å²) < 4.78 is 1.72. The molecule has 2 atom stereocenters. The maximum absolute atomic E-state index is 12.3. The number of amides is 2. The largest absolute Gasteiger partial charge is 0.355 e. The number of carbonyl (C=O) groups is 1. The number of nitrogens with zero attached hydrogens (tertiary/aromatic N) is 7. The highest BCUT2D eigenvalue weighted by atomic mass is 16.2. The summed E-state index contributed by atoms with van der Waals surface area (Å²) in [4.78, 5) is 25.4. The number of fused-ring (bicyclic) bond motifs is 1. The number of urea groups is 1. The van der Waals surface area contributed by atoms with Gasteiger partial charge in [0.25, 0.3) is 0 Å². The van der Waals surface area contributed by atoms with Gasteiger partial charge in [-0.05, 0) is 6.07 Å². The number of hydrogen-bond acceptors (Lipinski definition) is 7. The highest BCUT2D eigenvalue weighted by molar-refractivity contribution is 5.75. The van der Waals surface area contributed by atoms with Crippen molar-refractivity contribution in [3.05, 3.63) is 24.7 Å². The molecular formula is C19H25N9O. The molecule has 0 radical (unpaired) electrons. The Balaban J connectivity index is 1.47. The summed E-state index contributed by atoms with van der Waals surface area (Å²) >= 11 is 0. The fraction of sp³-hybridized carbons (Fsp3) is 0.526. The molecule has 2 aromatic heterocycles. The van der Waals surface area contributed by atoms with Crippen molar-refractivity contribution in [2.24, 2.45) is 17.9 Å². The number of aromatic nitrogens is 4. The Morgan fingerprint density at radius 3 is 2.62 bits per heavy atom. The zero-order valence-electron chi connectivity index (χ0n) is 16.9. The van der Waals surface area contributed by atoms with Crippen LogP contribution in [0.1, 0.15) is 13.8 Å². The molecule has 4 rings (SSSR count). The topological polar surface area (TPSA) is 115 Å². The van der Waals surface area contributed by atoms with E-state index in [0.717, 1.165) is 24.6 Å². The smallest absolute Gasteiger partial charge is 0.318 e. The van der Waals surface area contributed by atoms with Crippen LogP contribution in [0.4, 0.5) is 22.2 Å². The van der Waals surface area contributed by atoms with Crippen molar-refractivity contribution in [2.75, 3.05) is 42.9 Å². The summed E-state index contributed by atoms with van der Waals surface area (Å²) in [6, 6.07) is 3.70. The first kappa shape index (κ1) is 19.0. The van der Waals surface area contributed by atoms with E-state index in [0.29, 0.717) is 19.0 Å². The van der Waals surface area contributed by atoms with Crippen LogP contribution in [0.5, 0.6) is 0 Å². The second-order valence-corrected chi connectivity index (χ2v) is 8.42. The summed E-state index contributed by atoms with van der Waals surface area (Å²) in [6.07, 6.45) is 5.34. The Bertz CT molecular complexity index is 947. The van der Waals surface area contributed by atoms with Gasteiger partial charge in [0.15, 0.2) is 0 Å². The number of aryl methyl sites for hydroxylation is 1. The average molecular weight is 395 g/mol. The minimum absolute atomic E-state index is 0.0303. The Hall–Kier alpha value is -3.35. The summed E-state index contributed by atoms with van der Waals surface area (Å²) in [5.41, 5.74) is 0.721. The van der Waals surface area contributed by atoms with Crippen LogP contribution < -0.4 is 15.5 Å². The van der Waals surface area contributed by atoms with E-state index < -0.39 is 0 Å². The lowest BCUT2D eigenvalue weighted by Crippen LogP contribution is -2.42. The standard InChI is InChI=1S/C19H25N9O/c1-18-10-27(11-19(18,2)13-28(12-18)17(29)22-7-5-20)15-4-6-21-16(25-15)24-14-8-23-26(3)9-14/h4,6,8-9H,7,10-13H2,1-3H3,(H,22,29)(H,21,24,25)/t18-,19+. The van der Waals surface area contributed by atoms with Crippen LogP contribution in [-0.4, -0.2) is 63.4 Å². The van der Waals surface area contributed by atoms with E-state index >= 15 is 0 Å². The van der Waals surface area contributed by atoms with Gasteiger partial charge in [0, 0.05) is 56.5 Å². The van der Waals surface area contributed by atoms with E-state index in [1.54, 1.807) is 17.1 Å². The van der Waals surface area contributed by atoms with Crippen LogP contribution in [0.25, 0.3) is 0 Å². The molecule has 0 unspecified atom stereocenters. The molecule has 2 aliphatic rings. The predicted octanol–water partition coefficient (Wildman–Crippen LogP) is 1.34. The zero-order valence-corrected chi connectivity index (χ0v) is 16.9. The van der Waals surface area contributed by atoms with Crippen molar-refractivity contribution in [2.45, 2.75) is 13.8 Å². The first-order valence-electron chi connectivity index (χ1n) is 9.55. The summed E-state index contributed by atoms with van der Waals surface area (Å²) in [5, 5.41) is 18.7. The summed E-state index contributed by atoms with van der Waals surface area (Å²) in [7, 11) is 1.86. The fourth-order valence-corrected chi connectivity index (χ4v) is 4.39. The van der Waals surface area contributed by atoms with Gasteiger partial charge in [-0.15, -0.1) is 0 Å². The monoisotopic (exact) mass is 395 g/mol. The van der Waals surface area contributed by atoms with Gasteiger partial charge in [-0.1, -0.05) is 13.8 Å². The van der Waals surface area contributed by atoms with Gasteiger partial charge in [-0.25, -0.2) is 9.78 Å². The van der Waals surface area contributed by atoms with Crippen molar-refractivity contribution in [3.8, 4) is 6.07 Å². The third-order valence-electron chi connectivity index (χ3n) is 6.15. The second-order valence-electron chi connectivity index (χ2n) is 8.42. The molecule has 0 bridgehead atoms. The molecule has 4 heterocycles. The number of nitriles is 1. The zero-order chi connectivity index (χ0) is 20.6. The summed E-state index contributed by atoms with van der Waals surface area (Å²) in [6.45, 7) is 7.39. The van der Waals surface area contributed by atoms with Gasteiger partial charge >= 0.3 is 6.03 Å². The third-order valence-corrected chi connectivity index (χ3v) is 6.15. The highest BCUT2D eigenvalue weighted by Gasteiger charge is 2.58. The molecule has 2 aromatic rings. The Morgan fingerprint density at radius 1 is 1.28 bits per heavy atom. The molecule has 2 N–H and O–H groups in total. The number of anilines is 3. The number of carbonyl (C=O) groups excluding carboxylic acids is 1. The SMILES string of the molecule is Cn1cc(Nc2nccc(N3C[C@]4(C)CN(C(=O)NCC#N)C[C@]4(C)C3)n2)cn1. The molecule has 0 aromatic carbocycles. The minimum Gasteiger partial charge on any atom is -0.355 e. The highest BCUT2D eigenvalue weighted by Crippen LogP contribution is 2.52. The van der Waals surface area contributed by atoms with Crippen LogP contribution >= 0.6 is 0 Å². The molecule has 2 saturated heterocycles. The van der Waals surface area contributed by atoms with Crippen molar-refractivity contribution in [1.29, 1.82) is 5.26 Å². The van der Waals surface area contributed by atoms with Crippen LogP contribution in [-0.2, 0) is 7.05 Å². The van der Waals surface area contributed by atoms with Crippen molar-refractivity contribution >= 4 is 23.5 Å². The lowest BCUT2D eigenvalue weighted by atomic mass is 9.71. The van der Waals surface area contributed by atoms with E-state index in [1.165, 1.54) is 0 Å². The lowest BCUT2D eigenvalue weighted by molar-refractivity contribution is 0.203. The van der Waals surface area contributed by atoms with Gasteiger partial charge in [-0.2, -0.15) is 15.3 Å². The molecule has 10 nitrogen and oxygen atoms in total. The van der Waals surface area contributed by atoms with Crippen molar-refractivity contribution in [3.63, 3.8) is 0 Å². The minimum atomic E-state index is -0.167. The van der Waals surface area contributed by atoms with Crippen LogP contribution in [0.3, 0.4) is 0 Å². The van der Waals surface area contributed by atoms with Gasteiger partial charge in [0.2, 0.25) is 5.95 Å². The lowest BCUT2D eigenvalue weighted by Gasteiger charge is -2.29. The molecule has 0 saturated carbocycles. The number of nitrogens with one attached hydrogen (secondary N) is 2.